The first-order valence-corrected chi connectivity index (χ1v) is 6.68. The second-order valence-electron chi connectivity index (χ2n) is 2.31. The molecule has 0 spiro atoms. The molecule has 0 fully saturated rings. The number of hydrogen-bond acceptors (Lipinski definition) is 3. The molecule has 3 nitrogen and oxygen atoms in total. The summed E-state index contributed by atoms with van der Waals surface area (Å²) in [4.78, 5) is -0.252. The molecule has 1 rings (SSSR count). The Morgan fingerprint density at radius 1 is 1.43 bits per heavy atom. The van der Waals surface area contributed by atoms with Gasteiger partial charge in [-0.25, -0.2) is 8.42 Å². The Bertz CT molecular complexity index is 521. The van der Waals surface area contributed by atoms with Gasteiger partial charge in [-0.05, 0) is 28.1 Å². The molecule has 0 saturated heterocycles. The monoisotopic (exact) mass is 313 g/mol. The van der Waals surface area contributed by atoms with E-state index in [-0.39, 0.29) is 15.5 Å². The van der Waals surface area contributed by atoms with Crippen molar-refractivity contribution in [3.05, 3.63) is 27.2 Å². The van der Waals surface area contributed by atoms with Crippen LogP contribution >= 0.6 is 38.2 Å². The minimum atomic E-state index is -3.92. The molecule has 0 bridgehead atoms. The number of rotatable bonds is 1. The molecule has 0 unspecified atom stereocenters. The van der Waals surface area contributed by atoms with Crippen molar-refractivity contribution in [1.29, 1.82) is 5.26 Å². The van der Waals surface area contributed by atoms with Crippen LogP contribution in [0.4, 0.5) is 0 Å². The van der Waals surface area contributed by atoms with Crippen molar-refractivity contribution in [1.82, 2.24) is 0 Å². The van der Waals surface area contributed by atoms with Crippen LogP contribution in [0.15, 0.2) is 21.5 Å². The number of benzene rings is 1. The van der Waals surface area contributed by atoms with Crippen LogP contribution < -0.4 is 0 Å². The van der Waals surface area contributed by atoms with Crippen molar-refractivity contribution >= 4 is 47.3 Å². The smallest absolute Gasteiger partial charge is 0.207 e. The molecule has 0 aromatic heterocycles. The van der Waals surface area contributed by atoms with Gasteiger partial charge in [0.1, 0.15) is 11.0 Å². The fourth-order valence-electron chi connectivity index (χ4n) is 0.818. The lowest BCUT2D eigenvalue weighted by Crippen LogP contribution is -1.95. The predicted molar refractivity (Wildman–Crippen MR) is 56.9 cm³/mol. The van der Waals surface area contributed by atoms with Crippen molar-refractivity contribution in [3.8, 4) is 6.07 Å². The molecule has 1 aromatic carbocycles. The summed E-state index contributed by atoms with van der Waals surface area (Å²) in [7, 11) is 1.20. The van der Waals surface area contributed by atoms with E-state index < -0.39 is 9.05 Å². The van der Waals surface area contributed by atoms with Crippen LogP contribution in [-0.2, 0) is 9.05 Å². The summed E-state index contributed by atoms with van der Waals surface area (Å²) < 4.78 is 22.4. The van der Waals surface area contributed by atoms with E-state index in [0.717, 1.165) is 0 Å². The van der Waals surface area contributed by atoms with E-state index in [1.807, 2.05) is 0 Å². The van der Waals surface area contributed by atoms with Gasteiger partial charge >= 0.3 is 0 Å². The van der Waals surface area contributed by atoms with E-state index in [9.17, 15) is 8.42 Å². The molecule has 0 atom stereocenters. The highest BCUT2D eigenvalue weighted by molar-refractivity contribution is 9.10. The fraction of sp³-hybridized carbons (Fsp3) is 0. The summed E-state index contributed by atoms with van der Waals surface area (Å²) in [5.41, 5.74) is -0.0757. The summed E-state index contributed by atoms with van der Waals surface area (Å²) in [6.07, 6.45) is 0. The Balaban J connectivity index is 3.61. The lowest BCUT2D eigenvalue weighted by molar-refractivity contribution is 0.609. The topological polar surface area (TPSA) is 57.9 Å². The van der Waals surface area contributed by atoms with E-state index in [2.05, 4.69) is 15.9 Å². The first kappa shape index (κ1) is 11.8. The van der Waals surface area contributed by atoms with Crippen LogP contribution in [0.1, 0.15) is 5.56 Å². The van der Waals surface area contributed by atoms with Crippen molar-refractivity contribution in [2.45, 2.75) is 4.90 Å². The van der Waals surface area contributed by atoms with Crippen molar-refractivity contribution in [2.75, 3.05) is 0 Å². The van der Waals surface area contributed by atoms with E-state index in [0.29, 0.717) is 4.47 Å². The fourth-order valence-corrected chi connectivity index (χ4v) is 2.49. The van der Waals surface area contributed by atoms with Gasteiger partial charge in [-0.2, -0.15) is 5.26 Å². The molecule has 7 heteroatoms. The largest absolute Gasteiger partial charge is 0.262 e. The molecule has 0 saturated carbocycles. The summed E-state index contributed by atoms with van der Waals surface area (Å²) in [5, 5.41) is 8.91. The highest BCUT2D eigenvalue weighted by atomic mass is 79.9. The number of nitriles is 1. The Morgan fingerprint density at radius 3 is 2.43 bits per heavy atom. The second-order valence-corrected chi connectivity index (χ2v) is 6.11. The zero-order chi connectivity index (χ0) is 10.9. The zero-order valence-electron chi connectivity index (χ0n) is 6.46. The van der Waals surface area contributed by atoms with Gasteiger partial charge in [0.25, 0.3) is 9.05 Å². The van der Waals surface area contributed by atoms with Crippen LogP contribution in [0.2, 0.25) is 5.02 Å². The molecular formula is C7H2BrCl2NO2S. The second kappa shape index (κ2) is 4.07. The van der Waals surface area contributed by atoms with Crippen LogP contribution in [0.5, 0.6) is 0 Å². The van der Waals surface area contributed by atoms with Crippen molar-refractivity contribution < 1.29 is 8.42 Å². The van der Waals surface area contributed by atoms with Gasteiger partial charge in [-0.1, -0.05) is 11.6 Å². The highest BCUT2D eigenvalue weighted by Gasteiger charge is 2.17. The average Bonchev–Trinajstić information content (AvgIpc) is 2.07. The Hall–Kier alpha value is -0.280. The molecular weight excluding hydrogens is 313 g/mol. The minimum Gasteiger partial charge on any atom is -0.207 e. The van der Waals surface area contributed by atoms with Gasteiger partial charge in [0.05, 0.1) is 10.6 Å². The number of nitrogens with zero attached hydrogens (tertiary/aromatic N) is 1. The molecule has 0 amide bonds. The van der Waals surface area contributed by atoms with Crippen LogP contribution in [-0.4, -0.2) is 8.42 Å². The predicted octanol–water partition coefficient (Wildman–Crippen LogP) is 2.90. The first-order chi connectivity index (χ1) is 6.36. The third kappa shape index (κ3) is 2.39. The van der Waals surface area contributed by atoms with Crippen LogP contribution in [0.3, 0.4) is 0 Å². The third-order valence-electron chi connectivity index (χ3n) is 1.41. The van der Waals surface area contributed by atoms with Crippen LogP contribution in [0, 0.1) is 11.3 Å². The molecule has 0 N–H and O–H groups in total. The minimum absolute atomic E-state index is 0.0757. The molecule has 0 aliphatic carbocycles. The average molecular weight is 315 g/mol. The molecule has 14 heavy (non-hydrogen) atoms. The van der Waals surface area contributed by atoms with Gasteiger partial charge in [-0.3, -0.25) is 0 Å². The standard InChI is InChI=1S/C7H2BrCl2NO2S/c8-5-2-7(14(10,12)13)4(3-11)1-6(5)9/h1-2H. The normalized spacial score (nSPS) is 11.0. The van der Waals surface area contributed by atoms with Crippen molar-refractivity contribution in [3.63, 3.8) is 0 Å². The summed E-state index contributed by atoms with van der Waals surface area (Å²) in [6.45, 7) is 0. The molecule has 1 aromatic rings. The molecule has 0 heterocycles. The summed E-state index contributed by atoms with van der Waals surface area (Å²) >= 11 is 8.72. The molecule has 0 aliphatic heterocycles. The molecule has 0 radical (unpaired) electrons. The van der Waals surface area contributed by atoms with Gasteiger partial charge in [0.2, 0.25) is 0 Å². The SMILES string of the molecule is N#Cc1cc(Cl)c(Br)cc1S(=O)(=O)Cl. The van der Waals surface area contributed by atoms with Crippen molar-refractivity contribution in [2.24, 2.45) is 0 Å². The highest BCUT2D eigenvalue weighted by Crippen LogP contribution is 2.30. The lowest BCUT2D eigenvalue weighted by Gasteiger charge is -2.01. The Morgan fingerprint density at radius 2 is 2.00 bits per heavy atom. The summed E-state index contributed by atoms with van der Waals surface area (Å²) in [6, 6.07) is 4.14. The van der Waals surface area contributed by atoms with E-state index in [4.69, 9.17) is 27.5 Å². The first-order valence-electron chi connectivity index (χ1n) is 3.20. The van der Waals surface area contributed by atoms with Gasteiger partial charge in [-0.15, -0.1) is 0 Å². The van der Waals surface area contributed by atoms with Crippen LogP contribution in [0.25, 0.3) is 0 Å². The lowest BCUT2D eigenvalue weighted by atomic mass is 10.2. The molecule has 74 valence electrons. The van der Waals surface area contributed by atoms with E-state index in [1.165, 1.54) is 12.1 Å². The Labute approximate surface area is 98.8 Å². The number of halogens is 3. The van der Waals surface area contributed by atoms with E-state index in [1.54, 1.807) is 6.07 Å². The maximum Gasteiger partial charge on any atom is 0.262 e. The Kier molecular flexibility index (Phi) is 3.43. The van der Waals surface area contributed by atoms with E-state index >= 15 is 0 Å². The van der Waals surface area contributed by atoms with Gasteiger partial charge < -0.3 is 0 Å². The summed E-state index contributed by atoms with van der Waals surface area (Å²) in [5.74, 6) is 0. The third-order valence-corrected chi connectivity index (χ3v) is 3.96. The van der Waals surface area contributed by atoms with Gasteiger partial charge in [0.15, 0.2) is 0 Å². The van der Waals surface area contributed by atoms with Gasteiger partial charge in [0, 0.05) is 15.2 Å². The maximum absolute atomic E-state index is 11.0. The quantitative estimate of drug-likeness (QED) is 0.749. The number of hydrogen-bond donors (Lipinski definition) is 0. The maximum atomic E-state index is 11.0. The molecule has 0 aliphatic rings. The zero-order valence-corrected chi connectivity index (χ0v) is 10.4.